The molecule has 57 heavy (non-hydrogen) atoms. The third-order valence-corrected chi connectivity index (χ3v) is 12.6. The van der Waals surface area contributed by atoms with Crippen molar-refractivity contribution in [2.75, 3.05) is 30.3 Å². The first-order valence-corrected chi connectivity index (χ1v) is 22.0. The first-order chi connectivity index (χ1) is 27.4. The van der Waals surface area contributed by atoms with E-state index in [-0.39, 0.29) is 16.6 Å². The Morgan fingerprint density at radius 2 is 1.63 bits per heavy atom. The summed E-state index contributed by atoms with van der Waals surface area (Å²) in [6, 6.07) is 31.6. The number of benzene rings is 4. The first-order valence-electron chi connectivity index (χ1n) is 20.0. The number of aliphatic imine (C=N–C) groups is 1. The highest BCUT2D eigenvalue weighted by Crippen LogP contribution is 2.48. The molecule has 1 N–H and O–H groups in total. The fraction of sp³-hybridized carbons (Fsp3) is 0.333. The molecule has 0 amide bonds. The van der Waals surface area contributed by atoms with Crippen molar-refractivity contribution in [1.82, 2.24) is 0 Å². The van der Waals surface area contributed by atoms with E-state index in [1.165, 1.54) is 33.3 Å². The van der Waals surface area contributed by atoms with Crippen molar-refractivity contribution in [3.05, 3.63) is 149 Å². The van der Waals surface area contributed by atoms with Crippen LogP contribution in [0, 0.1) is 0 Å². The number of hydrogen-bond donors (Lipinski definition) is 1. The summed E-state index contributed by atoms with van der Waals surface area (Å²) in [5.74, 6) is 1.44. The zero-order valence-corrected chi connectivity index (χ0v) is 35.0. The maximum Gasteiger partial charge on any atom is 0.264 e. The molecule has 4 aromatic carbocycles. The van der Waals surface area contributed by atoms with E-state index in [9.17, 15) is 13.0 Å². The lowest BCUT2D eigenvalue weighted by Crippen LogP contribution is -2.28. The second kappa shape index (κ2) is 16.9. The molecule has 2 heterocycles. The number of isothiocyanates is 1. The van der Waals surface area contributed by atoms with Crippen molar-refractivity contribution in [2.45, 2.75) is 77.0 Å². The molecule has 9 heteroatoms. The Kier molecular flexibility index (Phi) is 11.9. The summed E-state index contributed by atoms with van der Waals surface area (Å²) in [6.07, 6.45) is 13.7. The Morgan fingerprint density at radius 3 is 2.42 bits per heavy atom. The Morgan fingerprint density at radius 1 is 0.877 bits per heavy atom. The van der Waals surface area contributed by atoms with E-state index in [4.69, 9.17) is 17.0 Å². The molecule has 4 aromatic rings. The number of para-hydroxylation sites is 2. The predicted octanol–water partition coefficient (Wildman–Crippen LogP) is 11.1. The number of unbranched alkanes of at least 4 members (excludes halogenated alkanes) is 1. The largest absolute Gasteiger partial charge is 0.457 e. The van der Waals surface area contributed by atoms with Gasteiger partial charge in [-0.15, -0.1) is 0 Å². The van der Waals surface area contributed by atoms with E-state index in [2.05, 4.69) is 132 Å². The van der Waals surface area contributed by atoms with Crippen LogP contribution in [0.2, 0.25) is 0 Å². The molecular weight excluding hydrogens is 747 g/mol. The highest BCUT2D eigenvalue weighted by Gasteiger charge is 2.45. The van der Waals surface area contributed by atoms with Gasteiger partial charge < -0.3 is 9.64 Å². The second-order valence-electron chi connectivity index (χ2n) is 16.2. The Hall–Kier alpha value is -4.92. The van der Waals surface area contributed by atoms with Crippen molar-refractivity contribution in [3.8, 4) is 5.75 Å². The third-order valence-electron chi connectivity index (χ3n) is 11.6. The van der Waals surface area contributed by atoms with Crippen molar-refractivity contribution in [2.24, 2.45) is 4.99 Å². The Labute approximate surface area is 343 Å². The van der Waals surface area contributed by atoms with E-state index in [1.54, 1.807) is 0 Å². The number of thiocarbonyl (C=S) groups is 1. The summed E-state index contributed by atoms with van der Waals surface area (Å²) in [5, 5.41) is 5.04. The van der Waals surface area contributed by atoms with E-state index in [0.29, 0.717) is 25.9 Å². The number of anilines is 1. The van der Waals surface area contributed by atoms with Crippen LogP contribution in [0.15, 0.2) is 143 Å². The van der Waals surface area contributed by atoms with E-state index >= 15 is 0 Å². The van der Waals surface area contributed by atoms with Crippen LogP contribution < -0.4 is 9.64 Å². The molecule has 3 aliphatic rings. The topological polar surface area (TPSA) is 82.2 Å². The van der Waals surface area contributed by atoms with Crippen LogP contribution in [0.4, 0.5) is 11.4 Å². The van der Waals surface area contributed by atoms with Gasteiger partial charge in [0.15, 0.2) is 12.3 Å². The normalized spacial score (nSPS) is 18.8. The van der Waals surface area contributed by atoms with Gasteiger partial charge in [-0.1, -0.05) is 80.6 Å². The highest BCUT2D eigenvalue weighted by molar-refractivity contribution is 7.85. The average Bonchev–Trinajstić information content (AvgIpc) is 3.55. The quantitative estimate of drug-likeness (QED) is 0.0450. The molecule has 0 saturated carbocycles. The molecule has 2 aliphatic heterocycles. The van der Waals surface area contributed by atoms with Gasteiger partial charge in [0.1, 0.15) is 11.5 Å². The maximum absolute atomic E-state index is 11.5. The lowest BCUT2D eigenvalue weighted by atomic mass is 9.78. The minimum Gasteiger partial charge on any atom is -0.457 e. The van der Waals surface area contributed by atoms with Gasteiger partial charge in [-0.25, -0.2) is 4.99 Å². The molecule has 1 aliphatic carbocycles. The Balaban J connectivity index is 1.30. The summed E-state index contributed by atoms with van der Waals surface area (Å²) < 4.78 is 41.6. The number of fused-ring (bicyclic) bond motifs is 4. The van der Waals surface area contributed by atoms with Gasteiger partial charge in [0.25, 0.3) is 10.1 Å². The van der Waals surface area contributed by atoms with E-state index in [0.717, 1.165) is 66.3 Å². The van der Waals surface area contributed by atoms with Crippen molar-refractivity contribution >= 4 is 55.4 Å². The summed E-state index contributed by atoms with van der Waals surface area (Å²) in [6.45, 7) is 11.2. The minimum absolute atomic E-state index is 0.241. The molecule has 7 nitrogen and oxygen atoms in total. The lowest BCUT2D eigenvalue weighted by Gasteiger charge is -2.27. The van der Waals surface area contributed by atoms with Crippen molar-refractivity contribution in [3.63, 3.8) is 0 Å². The van der Waals surface area contributed by atoms with E-state index < -0.39 is 10.1 Å². The van der Waals surface area contributed by atoms with Gasteiger partial charge in [-0.3, -0.25) is 4.55 Å². The van der Waals surface area contributed by atoms with Crippen LogP contribution in [-0.4, -0.2) is 53.8 Å². The van der Waals surface area contributed by atoms with Gasteiger partial charge in [-0.2, -0.15) is 13.0 Å². The molecular formula is C48H52N3O4S2+. The van der Waals surface area contributed by atoms with Gasteiger partial charge in [0.2, 0.25) is 5.69 Å². The molecule has 0 bridgehead atoms. The van der Waals surface area contributed by atoms with Crippen molar-refractivity contribution in [1.29, 1.82) is 0 Å². The zero-order valence-electron chi connectivity index (χ0n) is 33.4. The van der Waals surface area contributed by atoms with Crippen LogP contribution >= 0.6 is 12.2 Å². The van der Waals surface area contributed by atoms with Crippen LogP contribution in [0.5, 0.6) is 5.75 Å². The number of hydrogen-bond acceptors (Lipinski definition) is 6. The van der Waals surface area contributed by atoms with Gasteiger partial charge in [-0.05, 0) is 122 Å². The first kappa shape index (κ1) is 40.3. The fourth-order valence-electron chi connectivity index (χ4n) is 8.88. The minimum atomic E-state index is -4.01. The summed E-state index contributed by atoms with van der Waals surface area (Å²) >= 11 is 4.87. The highest BCUT2D eigenvalue weighted by atomic mass is 32.2. The Bertz CT molecular complexity index is 2490. The lowest BCUT2D eigenvalue weighted by molar-refractivity contribution is -0.437. The molecule has 0 atom stereocenters. The van der Waals surface area contributed by atoms with Gasteiger partial charge >= 0.3 is 0 Å². The number of ether oxygens (including phenoxy) is 1. The summed E-state index contributed by atoms with van der Waals surface area (Å²) in [5.41, 5.74) is 9.07. The molecule has 294 valence electrons. The fourth-order valence-corrected chi connectivity index (χ4v) is 9.54. The SMILES string of the molecule is CC1(C)C(/C=C/C2=C(Oc3ccccc3)C(=C/C=C3/N(CCCCS(=O)(=O)O)c4ccccc4C3(C)C)/CCC2)=[N+](CCCN=C=S)c2ccc3ccccc3c21. The number of allylic oxidation sites excluding steroid dienone is 7. The zero-order chi connectivity index (χ0) is 40.2. The summed E-state index contributed by atoms with van der Waals surface area (Å²) in [7, 11) is -4.01. The van der Waals surface area contributed by atoms with Gasteiger partial charge in [0, 0.05) is 47.5 Å². The average molecular weight is 799 g/mol. The standard InChI is InChI=1S/C48H51N3O4S2/c1-47(2)40-22-10-11-23-41(40)50(31-12-13-33-57(52,53)54)43(47)28-25-36-17-14-18-37(46(36)55-38-19-6-5-7-20-38)26-29-44-48(3,4)45-39-21-9-8-16-35(39)24-27-42(45)51(44)32-15-30-49-34-56/h5-11,16,19-29H,12-15,17-18,30-33H2,1-4H3/p+1. The molecule has 0 aromatic heterocycles. The van der Waals surface area contributed by atoms with Crippen LogP contribution in [0.25, 0.3) is 10.8 Å². The van der Waals surface area contributed by atoms with Crippen LogP contribution in [-0.2, 0) is 20.9 Å². The van der Waals surface area contributed by atoms with Crippen LogP contribution in [0.3, 0.4) is 0 Å². The maximum atomic E-state index is 11.5. The van der Waals surface area contributed by atoms with Crippen molar-refractivity contribution < 1.29 is 22.3 Å². The molecule has 0 radical (unpaired) electrons. The molecule has 0 spiro atoms. The molecule has 0 unspecified atom stereocenters. The van der Waals surface area contributed by atoms with E-state index in [1.807, 2.05) is 30.3 Å². The number of nitrogens with zero attached hydrogens (tertiary/aromatic N) is 3. The van der Waals surface area contributed by atoms with Gasteiger partial charge in [0.05, 0.1) is 22.9 Å². The van der Waals surface area contributed by atoms with Crippen LogP contribution in [0.1, 0.15) is 77.3 Å². The molecule has 0 saturated heterocycles. The molecule has 7 rings (SSSR count). The predicted molar refractivity (Wildman–Crippen MR) is 237 cm³/mol. The molecule has 0 fully saturated rings. The third kappa shape index (κ3) is 8.53. The number of rotatable bonds is 14. The monoisotopic (exact) mass is 798 g/mol. The second-order valence-corrected chi connectivity index (χ2v) is 17.9. The smallest absolute Gasteiger partial charge is 0.264 e. The summed E-state index contributed by atoms with van der Waals surface area (Å²) in [4.78, 5) is 6.53.